The van der Waals surface area contributed by atoms with Crippen LogP contribution in [0.1, 0.15) is 48.1 Å². The predicted octanol–water partition coefficient (Wildman–Crippen LogP) is 2.92. The van der Waals surface area contributed by atoms with Gasteiger partial charge in [0.25, 0.3) is 15.9 Å². The molecule has 3 rings (SSSR count). The van der Waals surface area contributed by atoms with Crippen molar-refractivity contribution in [3.05, 3.63) is 40.4 Å². The summed E-state index contributed by atoms with van der Waals surface area (Å²) in [5.74, 6) is -0.190. The molecule has 25 heavy (non-hydrogen) atoms. The standard InChI is InChI=1S/C17H21N3O3S2/c1-17(2,3)11-6-8-12(9-7-11)25(22,23)20-16-19-13-5-4-10-18-15(21)14(13)24-16/h6-9H,4-5,10H2,1-3H3,(H,18,21)(H,19,20). The van der Waals surface area contributed by atoms with Crippen molar-refractivity contribution >= 4 is 32.4 Å². The van der Waals surface area contributed by atoms with Crippen LogP contribution in [0.3, 0.4) is 0 Å². The van der Waals surface area contributed by atoms with Gasteiger partial charge in [-0.1, -0.05) is 44.2 Å². The van der Waals surface area contributed by atoms with Crippen molar-refractivity contribution in [2.24, 2.45) is 0 Å². The van der Waals surface area contributed by atoms with Crippen LogP contribution in [-0.4, -0.2) is 25.9 Å². The molecule has 8 heteroatoms. The lowest BCUT2D eigenvalue weighted by Gasteiger charge is -2.19. The highest BCUT2D eigenvalue weighted by Crippen LogP contribution is 2.28. The van der Waals surface area contributed by atoms with E-state index in [1.54, 1.807) is 12.1 Å². The maximum absolute atomic E-state index is 12.6. The van der Waals surface area contributed by atoms with Gasteiger partial charge in [0.15, 0.2) is 5.13 Å². The monoisotopic (exact) mass is 379 g/mol. The number of aromatic nitrogens is 1. The zero-order chi connectivity index (χ0) is 18.2. The summed E-state index contributed by atoms with van der Waals surface area (Å²) in [6.45, 7) is 6.83. The SMILES string of the molecule is CC(C)(C)c1ccc(S(=O)(=O)Nc2nc3c(s2)C(=O)NCCC3)cc1. The van der Waals surface area contributed by atoms with E-state index in [4.69, 9.17) is 0 Å². The largest absolute Gasteiger partial charge is 0.351 e. The minimum atomic E-state index is -3.74. The molecule has 2 aromatic rings. The molecule has 1 aromatic heterocycles. The number of hydrogen-bond donors (Lipinski definition) is 2. The third kappa shape index (κ3) is 3.85. The minimum absolute atomic E-state index is 0.0457. The molecule has 0 radical (unpaired) electrons. The Bertz CT molecular complexity index is 894. The second kappa shape index (κ2) is 6.42. The Morgan fingerprint density at radius 2 is 1.88 bits per heavy atom. The molecule has 1 aliphatic heterocycles. The number of sulfonamides is 1. The highest BCUT2D eigenvalue weighted by atomic mass is 32.2. The summed E-state index contributed by atoms with van der Waals surface area (Å²) in [5, 5.41) is 3.01. The van der Waals surface area contributed by atoms with E-state index in [2.05, 4.69) is 35.8 Å². The smallest absolute Gasteiger partial charge is 0.263 e. The van der Waals surface area contributed by atoms with Crippen molar-refractivity contribution in [2.75, 3.05) is 11.3 Å². The molecular formula is C17H21N3O3S2. The van der Waals surface area contributed by atoms with Crippen LogP contribution in [-0.2, 0) is 21.9 Å². The van der Waals surface area contributed by atoms with Crippen molar-refractivity contribution < 1.29 is 13.2 Å². The lowest BCUT2D eigenvalue weighted by atomic mass is 9.87. The summed E-state index contributed by atoms with van der Waals surface area (Å²) < 4.78 is 27.7. The number of nitrogens with one attached hydrogen (secondary N) is 2. The Morgan fingerprint density at radius 3 is 2.52 bits per heavy atom. The first-order chi connectivity index (χ1) is 11.7. The zero-order valence-electron chi connectivity index (χ0n) is 14.4. The molecule has 0 saturated carbocycles. The average molecular weight is 380 g/mol. The van der Waals surface area contributed by atoms with Crippen LogP contribution >= 0.6 is 11.3 Å². The lowest BCUT2D eigenvalue weighted by molar-refractivity contribution is 0.0960. The number of benzene rings is 1. The van der Waals surface area contributed by atoms with Crippen molar-refractivity contribution in [2.45, 2.75) is 43.9 Å². The Balaban J connectivity index is 1.85. The summed E-state index contributed by atoms with van der Waals surface area (Å²) in [5.41, 5.74) is 1.67. The molecule has 0 spiro atoms. The predicted molar refractivity (Wildman–Crippen MR) is 98.7 cm³/mol. The van der Waals surface area contributed by atoms with Gasteiger partial charge in [-0.2, -0.15) is 0 Å². The molecule has 0 bridgehead atoms. The third-order valence-electron chi connectivity index (χ3n) is 4.03. The molecule has 6 nitrogen and oxygen atoms in total. The second-order valence-corrected chi connectivity index (χ2v) is 9.72. The lowest BCUT2D eigenvalue weighted by Crippen LogP contribution is -2.21. The number of amides is 1. The molecule has 0 unspecified atom stereocenters. The van der Waals surface area contributed by atoms with E-state index in [1.807, 2.05) is 12.1 Å². The molecule has 0 atom stereocenters. The topological polar surface area (TPSA) is 88.2 Å². The summed E-state index contributed by atoms with van der Waals surface area (Å²) >= 11 is 1.07. The van der Waals surface area contributed by atoms with Crippen LogP contribution in [0.5, 0.6) is 0 Å². The number of thiazole rings is 1. The van der Waals surface area contributed by atoms with E-state index in [9.17, 15) is 13.2 Å². The summed E-state index contributed by atoms with van der Waals surface area (Å²) in [4.78, 5) is 16.9. The number of hydrogen-bond acceptors (Lipinski definition) is 5. The number of aryl methyl sites for hydroxylation is 1. The van der Waals surface area contributed by atoms with E-state index in [0.717, 1.165) is 23.3 Å². The van der Waals surface area contributed by atoms with E-state index < -0.39 is 10.0 Å². The van der Waals surface area contributed by atoms with Gasteiger partial charge < -0.3 is 5.32 Å². The summed E-state index contributed by atoms with van der Waals surface area (Å²) in [7, 11) is -3.74. The number of carbonyl (C=O) groups excluding carboxylic acids is 1. The van der Waals surface area contributed by atoms with E-state index in [1.165, 1.54) is 0 Å². The molecule has 1 aromatic carbocycles. The minimum Gasteiger partial charge on any atom is -0.351 e. The maximum atomic E-state index is 12.6. The Morgan fingerprint density at radius 1 is 1.20 bits per heavy atom. The molecule has 1 aliphatic rings. The molecule has 0 fully saturated rings. The van der Waals surface area contributed by atoms with Crippen molar-refractivity contribution in [3.63, 3.8) is 0 Å². The van der Waals surface area contributed by atoms with Gasteiger partial charge in [-0.25, -0.2) is 13.4 Å². The Kier molecular flexibility index (Phi) is 4.59. The highest BCUT2D eigenvalue weighted by Gasteiger charge is 2.24. The molecule has 1 amide bonds. The fourth-order valence-electron chi connectivity index (χ4n) is 2.59. The molecule has 0 aliphatic carbocycles. The number of rotatable bonds is 3. The van der Waals surface area contributed by atoms with Gasteiger partial charge >= 0.3 is 0 Å². The van der Waals surface area contributed by atoms with Gasteiger partial charge in [-0.3, -0.25) is 9.52 Å². The van der Waals surface area contributed by atoms with Crippen LogP contribution in [0.25, 0.3) is 0 Å². The average Bonchev–Trinajstić information content (AvgIpc) is 2.85. The second-order valence-electron chi connectivity index (χ2n) is 7.03. The Hall–Kier alpha value is -1.93. The first kappa shape index (κ1) is 17.9. The third-order valence-corrected chi connectivity index (χ3v) is 6.53. The Labute approximate surface area is 151 Å². The van der Waals surface area contributed by atoms with Crippen LogP contribution in [0.2, 0.25) is 0 Å². The first-order valence-electron chi connectivity index (χ1n) is 8.08. The fourth-order valence-corrected chi connectivity index (χ4v) is 4.75. The molecule has 2 N–H and O–H groups in total. The van der Waals surface area contributed by atoms with Crippen LogP contribution in [0.15, 0.2) is 29.2 Å². The molecule has 134 valence electrons. The van der Waals surface area contributed by atoms with Gasteiger partial charge in [0.1, 0.15) is 4.88 Å². The van der Waals surface area contributed by atoms with Gasteiger partial charge in [-0.15, -0.1) is 0 Å². The van der Waals surface area contributed by atoms with Crippen LogP contribution < -0.4 is 10.0 Å². The van der Waals surface area contributed by atoms with E-state index in [0.29, 0.717) is 23.5 Å². The molecule has 0 saturated heterocycles. The number of carbonyl (C=O) groups is 1. The summed E-state index contributed by atoms with van der Waals surface area (Å²) in [6.07, 6.45) is 1.45. The van der Waals surface area contributed by atoms with Gasteiger partial charge in [-0.05, 0) is 36.0 Å². The van der Waals surface area contributed by atoms with E-state index in [-0.39, 0.29) is 21.3 Å². The van der Waals surface area contributed by atoms with E-state index >= 15 is 0 Å². The zero-order valence-corrected chi connectivity index (χ0v) is 16.1. The van der Waals surface area contributed by atoms with Gasteiger partial charge in [0.05, 0.1) is 10.6 Å². The maximum Gasteiger partial charge on any atom is 0.263 e. The number of fused-ring (bicyclic) bond motifs is 1. The van der Waals surface area contributed by atoms with Crippen molar-refractivity contribution in [1.29, 1.82) is 0 Å². The molecule has 2 heterocycles. The number of anilines is 1. The first-order valence-corrected chi connectivity index (χ1v) is 10.4. The summed E-state index contributed by atoms with van der Waals surface area (Å²) in [6, 6.07) is 6.82. The highest BCUT2D eigenvalue weighted by molar-refractivity contribution is 7.93. The van der Waals surface area contributed by atoms with Gasteiger partial charge in [0.2, 0.25) is 0 Å². The van der Waals surface area contributed by atoms with Crippen LogP contribution in [0.4, 0.5) is 5.13 Å². The quantitative estimate of drug-likeness (QED) is 0.858. The van der Waals surface area contributed by atoms with Crippen LogP contribution in [0, 0.1) is 0 Å². The normalized spacial score (nSPS) is 15.2. The number of nitrogens with zero attached hydrogens (tertiary/aromatic N) is 1. The molecular weight excluding hydrogens is 358 g/mol. The van der Waals surface area contributed by atoms with Gasteiger partial charge in [0, 0.05) is 6.54 Å². The van der Waals surface area contributed by atoms with Crippen molar-refractivity contribution in [1.82, 2.24) is 10.3 Å². The van der Waals surface area contributed by atoms with Crippen molar-refractivity contribution in [3.8, 4) is 0 Å². The fraction of sp³-hybridized carbons (Fsp3) is 0.412.